The van der Waals surface area contributed by atoms with Crippen molar-refractivity contribution in [2.24, 2.45) is 0 Å². The van der Waals surface area contributed by atoms with Gasteiger partial charge < -0.3 is 9.47 Å². The summed E-state index contributed by atoms with van der Waals surface area (Å²) in [6.45, 7) is -0.363. The van der Waals surface area contributed by atoms with E-state index in [2.05, 4.69) is 218 Å². The zero-order valence-corrected chi connectivity index (χ0v) is 31.8. The number of ether oxygens (including phenoxy) is 2. The summed E-state index contributed by atoms with van der Waals surface area (Å²) >= 11 is 0. The Morgan fingerprint density at radius 1 is 0.241 bits per heavy atom. The third-order valence-corrected chi connectivity index (χ3v) is 11.8. The minimum absolute atomic E-state index is 0.146. The second-order valence-electron chi connectivity index (χ2n) is 15.0. The first kappa shape index (κ1) is 34.0. The first-order valence-electron chi connectivity index (χ1n) is 20.0. The molecular formula is C54H36B2O2. The molecule has 4 heteroatoms. The van der Waals surface area contributed by atoms with E-state index in [1.807, 2.05) is 0 Å². The van der Waals surface area contributed by atoms with Crippen LogP contribution in [0.5, 0.6) is 23.0 Å². The first-order chi connectivity index (χ1) is 28.8. The van der Waals surface area contributed by atoms with Crippen molar-refractivity contribution in [3.05, 3.63) is 218 Å². The van der Waals surface area contributed by atoms with Gasteiger partial charge in [0.2, 0.25) is 0 Å². The SMILES string of the molecule is c1ccc(-c2cccc(-c3ccccc3)c2B2c3ccccc3Oc3c2ccc2c3B(c3c(-c4ccccc4)cccc3-c3ccccc3)c3ccccc3O2)cc1. The highest BCUT2D eigenvalue weighted by atomic mass is 16.5. The fourth-order valence-electron chi connectivity index (χ4n) is 9.32. The maximum Gasteiger partial charge on any atom is 0.257 e. The molecule has 270 valence electrons. The van der Waals surface area contributed by atoms with Crippen LogP contribution in [0.3, 0.4) is 0 Å². The molecule has 0 aromatic heterocycles. The average molecular weight is 739 g/mol. The topological polar surface area (TPSA) is 18.5 Å². The maximum absolute atomic E-state index is 7.30. The Hall–Kier alpha value is -7.29. The summed E-state index contributed by atoms with van der Waals surface area (Å²) in [6.07, 6.45) is 0. The van der Waals surface area contributed by atoms with Crippen molar-refractivity contribution in [2.75, 3.05) is 0 Å². The Bertz CT molecular complexity index is 2830. The molecule has 0 saturated heterocycles. The molecule has 0 amide bonds. The van der Waals surface area contributed by atoms with E-state index in [0.29, 0.717) is 0 Å². The van der Waals surface area contributed by atoms with Gasteiger partial charge in [-0.1, -0.05) is 211 Å². The molecule has 0 fully saturated rings. The van der Waals surface area contributed by atoms with Gasteiger partial charge >= 0.3 is 0 Å². The standard InChI is InChI=1S/C54H36B2O2/c1-5-19-37(20-6-1)41-27-17-28-42(38-21-7-2-8-22-38)51(41)55-45-31-13-16-34-49(45)58-54-47(55)35-36-50-53(54)56(46-32-14-15-33-48(46)57-50)52-43(39-23-9-3-10-24-39)29-18-30-44(52)40-25-11-4-12-26-40/h1-36H. The smallest absolute Gasteiger partial charge is 0.257 e. The van der Waals surface area contributed by atoms with Crippen molar-refractivity contribution in [3.63, 3.8) is 0 Å². The summed E-state index contributed by atoms with van der Waals surface area (Å²) in [4.78, 5) is 0. The number of rotatable bonds is 6. The highest BCUT2D eigenvalue weighted by Crippen LogP contribution is 2.36. The van der Waals surface area contributed by atoms with Gasteiger partial charge in [0.15, 0.2) is 0 Å². The molecule has 9 aromatic carbocycles. The molecule has 58 heavy (non-hydrogen) atoms. The third kappa shape index (κ3) is 5.68. The van der Waals surface area contributed by atoms with Gasteiger partial charge in [0, 0.05) is 5.46 Å². The highest BCUT2D eigenvalue weighted by Gasteiger charge is 2.43. The Morgan fingerprint density at radius 2 is 0.621 bits per heavy atom. The molecule has 0 saturated carbocycles. The third-order valence-electron chi connectivity index (χ3n) is 11.8. The van der Waals surface area contributed by atoms with E-state index in [1.165, 1.54) is 55.4 Å². The summed E-state index contributed by atoms with van der Waals surface area (Å²) in [5.74, 6) is 3.37. The molecule has 2 aliphatic rings. The molecule has 0 atom stereocenters. The predicted octanol–water partition coefficient (Wildman–Crippen LogP) is 9.60. The largest absolute Gasteiger partial charge is 0.459 e. The number of fused-ring (bicyclic) bond motifs is 5. The molecule has 0 radical (unpaired) electrons. The minimum Gasteiger partial charge on any atom is -0.459 e. The molecule has 0 unspecified atom stereocenters. The van der Waals surface area contributed by atoms with E-state index in [4.69, 9.17) is 9.47 Å². The van der Waals surface area contributed by atoms with E-state index < -0.39 is 0 Å². The molecule has 2 aliphatic heterocycles. The van der Waals surface area contributed by atoms with Crippen molar-refractivity contribution < 1.29 is 9.47 Å². The summed E-state index contributed by atoms with van der Waals surface area (Å²) in [5.41, 5.74) is 16.3. The molecule has 0 N–H and O–H groups in total. The van der Waals surface area contributed by atoms with Crippen LogP contribution in [0.4, 0.5) is 0 Å². The van der Waals surface area contributed by atoms with Crippen LogP contribution in [0.15, 0.2) is 218 Å². The summed E-state index contributed by atoms with van der Waals surface area (Å²) in [5, 5.41) is 0. The molecule has 0 aliphatic carbocycles. The summed E-state index contributed by atoms with van der Waals surface area (Å²) in [7, 11) is 0. The van der Waals surface area contributed by atoms with Gasteiger partial charge in [0.1, 0.15) is 23.0 Å². The number of hydrogen-bond acceptors (Lipinski definition) is 2. The van der Waals surface area contributed by atoms with Crippen LogP contribution in [-0.2, 0) is 0 Å². The molecule has 0 spiro atoms. The lowest BCUT2D eigenvalue weighted by Gasteiger charge is -2.35. The Morgan fingerprint density at radius 3 is 1.09 bits per heavy atom. The van der Waals surface area contributed by atoms with Crippen molar-refractivity contribution in [1.29, 1.82) is 0 Å². The molecular weight excluding hydrogens is 702 g/mol. The van der Waals surface area contributed by atoms with Gasteiger partial charge in [-0.25, -0.2) is 0 Å². The minimum atomic E-state index is -0.217. The Balaban J connectivity index is 1.24. The van der Waals surface area contributed by atoms with Gasteiger partial charge in [-0.15, -0.1) is 0 Å². The lowest BCUT2D eigenvalue weighted by atomic mass is 9.30. The highest BCUT2D eigenvalue weighted by molar-refractivity contribution is 7.02. The number of para-hydroxylation sites is 2. The van der Waals surface area contributed by atoms with Crippen molar-refractivity contribution in [3.8, 4) is 67.5 Å². The second kappa shape index (κ2) is 14.3. The zero-order chi connectivity index (χ0) is 38.4. The van der Waals surface area contributed by atoms with Crippen molar-refractivity contribution in [2.45, 2.75) is 0 Å². The Kier molecular flexibility index (Phi) is 8.40. The fourth-order valence-corrected chi connectivity index (χ4v) is 9.32. The van der Waals surface area contributed by atoms with Crippen LogP contribution in [0.2, 0.25) is 0 Å². The van der Waals surface area contributed by atoms with Crippen molar-refractivity contribution >= 4 is 46.2 Å². The van der Waals surface area contributed by atoms with Crippen LogP contribution in [0.25, 0.3) is 44.5 Å². The van der Waals surface area contributed by atoms with E-state index in [9.17, 15) is 0 Å². The lowest BCUT2D eigenvalue weighted by molar-refractivity contribution is 0.469. The van der Waals surface area contributed by atoms with Crippen LogP contribution >= 0.6 is 0 Å². The van der Waals surface area contributed by atoms with Crippen LogP contribution in [0.1, 0.15) is 0 Å². The quantitative estimate of drug-likeness (QED) is 0.158. The van der Waals surface area contributed by atoms with Gasteiger partial charge in [0.05, 0.1) is 0 Å². The number of benzene rings is 9. The average Bonchev–Trinajstić information content (AvgIpc) is 3.30. The van der Waals surface area contributed by atoms with E-state index >= 15 is 0 Å². The van der Waals surface area contributed by atoms with Crippen LogP contribution in [-0.4, -0.2) is 13.4 Å². The normalized spacial score (nSPS) is 12.3. The van der Waals surface area contributed by atoms with Crippen LogP contribution < -0.4 is 42.3 Å². The van der Waals surface area contributed by atoms with Gasteiger partial charge in [-0.2, -0.15) is 0 Å². The van der Waals surface area contributed by atoms with Gasteiger partial charge in [-0.3, -0.25) is 0 Å². The summed E-state index contributed by atoms with van der Waals surface area (Å²) < 4.78 is 14.2. The molecule has 11 rings (SSSR count). The van der Waals surface area contributed by atoms with Gasteiger partial charge in [0.25, 0.3) is 13.4 Å². The molecule has 2 heterocycles. The lowest BCUT2D eigenvalue weighted by Crippen LogP contribution is -2.61. The van der Waals surface area contributed by atoms with E-state index in [1.54, 1.807) is 0 Å². The maximum atomic E-state index is 7.30. The van der Waals surface area contributed by atoms with Crippen molar-refractivity contribution in [1.82, 2.24) is 0 Å². The van der Waals surface area contributed by atoms with Gasteiger partial charge in [-0.05, 0) is 79.1 Å². The molecule has 9 aromatic rings. The monoisotopic (exact) mass is 738 g/mol. The number of hydrogen-bond donors (Lipinski definition) is 0. The van der Waals surface area contributed by atoms with Crippen LogP contribution in [0, 0.1) is 0 Å². The fraction of sp³-hybridized carbons (Fsp3) is 0. The second-order valence-corrected chi connectivity index (χ2v) is 15.0. The van der Waals surface area contributed by atoms with E-state index in [0.717, 1.165) is 44.8 Å². The first-order valence-corrected chi connectivity index (χ1v) is 20.0. The predicted molar refractivity (Wildman–Crippen MR) is 243 cm³/mol. The van der Waals surface area contributed by atoms with E-state index in [-0.39, 0.29) is 13.4 Å². The summed E-state index contributed by atoms with van der Waals surface area (Å²) in [6, 6.07) is 78.1. The molecule has 2 nitrogen and oxygen atoms in total. The Labute approximate surface area is 340 Å². The zero-order valence-electron chi connectivity index (χ0n) is 31.8. The molecule has 0 bridgehead atoms.